The maximum Gasteiger partial charge on any atom is 0.278 e. The molecule has 2 aromatic rings. The molecule has 0 atom stereocenters. The Balaban J connectivity index is 0. The van der Waals surface area contributed by atoms with Crippen molar-refractivity contribution in [3.05, 3.63) is 53.3 Å². The van der Waals surface area contributed by atoms with Crippen LogP contribution in [0, 0.1) is 14.4 Å². The fourth-order valence-corrected chi connectivity index (χ4v) is 2.56. The van der Waals surface area contributed by atoms with Gasteiger partial charge < -0.3 is 17.3 Å². The molecule has 2 rings (SSSR count). The fourth-order valence-electron chi connectivity index (χ4n) is 2.56. The third kappa shape index (κ3) is 7.48. The number of ether oxygens (including phenoxy) is 1. The van der Waals surface area contributed by atoms with Crippen molar-refractivity contribution in [3.63, 3.8) is 0 Å². The molecule has 0 fully saturated rings. The molecular weight excluding hydrogens is 417 g/mol. The van der Waals surface area contributed by atoms with Crippen LogP contribution in [0.4, 0.5) is 0 Å². The summed E-state index contributed by atoms with van der Waals surface area (Å²) < 4.78 is 6.73. The van der Waals surface area contributed by atoms with E-state index in [9.17, 15) is 9.90 Å². The smallest absolute Gasteiger partial charge is 0.278 e. The van der Waals surface area contributed by atoms with Crippen molar-refractivity contribution in [2.45, 2.75) is 54.0 Å². The van der Waals surface area contributed by atoms with Crippen LogP contribution in [-0.2, 0) is 50.4 Å². The summed E-state index contributed by atoms with van der Waals surface area (Å²) in [4.78, 5) is 12.8. The van der Waals surface area contributed by atoms with Gasteiger partial charge in [-0.2, -0.15) is 5.10 Å². The third-order valence-electron chi connectivity index (χ3n) is 3.75. The van der Waals surface area contributed by atoms with Crippen molar-refractivity contribution in [3.8, 4) is 16.9 Å². The van der Waals surface area contributed by atoms with E-state index in [4.69, 9.17) is 4.74 Å². The van der Waals surface area contributed by atoms with Crippen molar-refractivity contribution in [1.82, 2.24) is 9.78 Å². The number of rotatable bonds is 7. The monoisotopic (exact) mass is 450 g/mol. The van der Waals surface area contributed by atoms with E-state index in [0.717, 1.165) is 17.5 Å². The van der Waals surface area contributed by atoms with Crippen LogP contribution < -0.4 is 5.56 Å². The number of nitrogens with zero attached hydrogens (tertiary/aromatic N) is 2. The molecule has 0 bridgehead atoms. The van der Waals surface area contributed by atoms with Crippen LogP contribution in [-0.4, -0.2) is 28.1 Å². The molecule has 1 heterocycles. The molecule has 0 saturated carbocycles. The summed E-state index contributed by atoms with van der Waals surface area (Å²) >= 11 is 0. The molecule has 0 aliphatic carbocycles. The number of aromatic nitrogens is 2. The van der Waals surface area contributed by atoms with Gasteiger partial charge in [-0.05, 0) is 31.4 Å². The molecule has 0 aliphatic rings. The minimum absolute atomic E-state index is 0. The van der Waals surface area contributed by atoms with Crippen molar-refractivity contribution in [1.29, 1.82) is 0 Å². The Kier molecular flexibility index (Phi) is 15.6. The van der Waals surface area contributed by atoms with Crippen LogP contribution in [0.3, 0.4) is 0 Å². The first-order valence-electron chi connectivity index (χ1n) is 9.06. The first-order valence-corrected chi connectivity index (χ1v) is 9.06. The zero-order valence-electron chi connectivity index (χ0n) is 17.6. The van der Waals surface area contributed by atoms with E-state index in [-0.39, 0.29) is 51.4 Å². The predicted molar refractivity (Wildman–Crippen MR) is 109 cm³/mol. The molecule has 6 heteroatoms. The second kappa shape index (κ2) is 15.0. The summed E-state index contributed by atoms with van der Waals surface area (Å²) in [5.74, 6) is -0.00110. The summed E-state index contributed by atoms with van der Waals surface area (Å²) in [5, 5.41) is 14.9. The van der Waals surface area contributed by atoms with Gasteiger partial charge in [0.2, 0.25) is 0 Å². The largest absolute Gasteiger partial charge is 0.505 e. The van der Waals surface area contributed by atoms with Crippen LogP contribution in [0.1, 0.15) is 45.4 Å². The summed E-state index contributed by atoms with van der Waals surface area (Å²) in [6.07, 6.45) is 1.47. The standard InChI is InChI=1S/C18H24N2O3.C2H6.CH3.Y/c1-4-8-15-17(21)16(14-10-7-6-9-13(14)3)18(22)20(19-15)11-12-23-5-2;1-2;;/h6-7,9-10,21H,4-5,8,11-12H2,1-3H3;1-2H3;1H3;/q;;-1;. The summed E-state index contributed by atoms with van der Waals surface area (Å²) in [7, 11) is 0. The third-order valence-corrected chi connectivity index (χ3v) is 3.75. The second-order valence-corrected chi connectivity index (χ2v) is 5.46. The van der Waals surface area contributed by atoms with Crippen molar-refractivity contribution in [2.24, 2.45) is 0 Å². The van der Waals surface area contributed by atoms with Gasteiger partial charge >= 0.3 is 0 Å². The Bertz CT molecular complexity index is 730. The number of aromatic hydroxyl groups is 1. The molecule has 0 amide bonds. The van der Waals surface area contributed by atoms with Crippen LogP contribution in [0.2, 0.25) is 0 Å². The zero-order valence-corrected chi connectivity index (χ0v) is 20.4. The number of benzene rings is 1. The fraction of sp³-hybridized carbons (Fsp3) is 0.476. The number of hydrogen-bond acceptors (Lipinski definition) is 4. The Morgan fingerprint density at radius 1 is 1.19 bits per heavy atom. The quantitative estimate of drug-likeness (QED) is 0.502. The van der Waals surface area contributed by atoms with Gasteiger partial charge in [-0.15, -0.1) is 0 Å². The van der Waals surface area contributed by atoms with E-state index < -0.39 is 0 Å². The van der Waals surface area contributed by atoms with E-state index >= 15 is 0 Å². The second-order valence-electron chi connectivity index (χ2n) is 5.46. The van der Waals surface area contributed by atoms with E-state index in [1.807, 2.05) is 58.9 Å². The first-order chi connectivity index (χ1) is 12.1. The molecule has 1 aromatic heterocycles. The molecule has 27 heavy (non-hydrogen) atoms. The topological polar surface area (TPSA) is 64.4 Å². The van der Waals surface area contributed by atoms with E-state index in [2.05, 4.69) is 5.10 Å². The van der Waals surface area contributed by atoms with Gasteiger partial charge in [-0.1, -0.05) is 51.5 Å². The molecule has 5 nitrogen and oxygen atoms in total. The number of aryl methyl sites for hydroxylation is 2. The van der Waals surface area contributed by atoms with Gasteiger partial charge in [0, 0.05) is 39.3 Å². The molecule has 1 radical (unpaired) electrons. The molecule has 1 N–H and O–H groups in total. The van der Waals surface area contributed by atoms with Gasteiger partial charge in [-0.3, -0.25) is 4.79 Å². The molecule has 149 valence electrons. The molecule has 0 saturated heterocycles. The summed E-state index contributed by atoms with van der Waals surface area (Å²) in [6, 6.07) is 7.57. The normalized spacial score (nSPS) is 9.52. The Labute approximate surface area is 189 Å². The van der Waals surface area contributed by atoms with Gasteiger partial charge in [0.15, 0.2) is 5.75 Å². The Morgan fingerprint density at radius 2 is 1.81 bits per heavy atom. The van der Waals surface area contributed by atoms with Crippen LogP contribution >= 0.6 is 0 Å². The predicted octanol–water partition coefficient (Wildman–Crippen LogP) is 4.39. The average molecular weight is 450 g/mol. The summed E-state index contributed by atoms with van der Waals surface area (Å²) in [5.41, 5.74) is 2.31. The zero-order chi connectivity index (χ0) is 18.8. The van der Waals surface area contributed by atoms with Gasteiger partial charge in [0.25, 0.3) is 5.56 Å². The van der Waals surface area contributed by atoms with E-state index in [1.165, 1.54) is 4.68 Å². The van der Waals surface area contributed by atoms with Crippen molar-refractivity contribution < 1.29 is 42.6 Å². The number of hydrogen-bond donors (Lipinski definition) is 1. The summed E-state index contributed by atoms with van der Waals surface area (Å²) in [6.45, 7) is 11.3. The molecule has 1 aromatic carbocycles. The van der Waals surface area contributed by atoms with E-state index in [1.54, 1.807) is 0 Å². The van der Waals surface area contributed by atoms with Crippen LogP contribution in [0.5, 0.6) is 5.75 Å². The minimum Gasteiger partial charge on any atom is -0.505 e. The minimum atomic E-state index is -0.281. The molecule has 0 aliphatic heterocycles. The van der Waals surface area contributed by atoms with Crippen LogP contribution in [0.25, 0.3) is 11.1 Å². The van der Waals surface area contributed by atoms with Crippen molar-refractivity contribution >= 4 is 0 Å². The van der Waals surface area contributed by atoms with Crippen LogP contribution in [0.15, 0.2) is 29.1 Å². The molecule has 0 spiro atoms. The first kappa shape index (κ1) is 28.2. The van der Waals surface area contributed by atoms with Gasteiger partial charge in [-0.25, -0.2) is 4.68 Å². The molecule has 0 unspecified atom stereocenters. The van der Waals surface area contributed by atoms with E-state index in [0.29, 0.717) is 37.4 Å². The molecular formula is C21H33N2O3Y-. The maximum absolute atomic E-state index is 12.8. The van der Waals surface area contributed by atoms with Gasteiger partial charge in [0.1, 0.15) is 5.69 Å². The Hall–Kier alpha value is -1.04. The maximum atomic E-state index is 12.8. The average Bonchev–Trinajstić information content (AvgIpc) is 2.62. The Morgan fingerprint density at radius 3 is 2.37 bits per heavy atom. The van der Waals surface area contributed by atoms with Crippen molar-refractivity contribution in [2.75, 3.05) is 13.2 Å². The SMILES string of the molecule is CC.CCCc1nn(CCOCC)c(=O)c(-c2ccccc2C)c1O.[CH3-].[Y]. The van der Waals surface area contributed by atoms with Gasteiger partial charge in [0.05, 0.1) is 18.7 Å².